The molecule has 0 aliphatic carbocycles. The largest absolute Gasteiger partial charge is 1.00 e. The first-order chi connectivity index (χ1) is 54.4. The molecule has 4 aromatic carbocycles. The van der Waals surface area contributed by atoms with E-state index >= 15 is 0 Å². The summed E-state index contributed by atoms with van der Waals surface area (Å²) in [6.45, 7) is 41.8. The minimum atomic E-state index is -4.82. The van der Waals surface area contributed by atoms with Crippen molar-refractivity contribution in [2.75, 3.05) is 70.5 Å². The van der Waals surface area contributed by atoms with Crippen molar-refractivity contribution in [1.82, 2.24) is 4.58 Å². The first-order valence-corrected chi connectivity index (χ1v) is 44.9. The van der Waals surface area contributed by atoms with Crippen LogP contribution in [0.25, 0.3) is 22.3 Å². The van der Waals surface area contributed by atoms with E-state index in [-0.39, 0.29) is 155 Å². The molecule has 0 radical (unpaired) electrons. The van der Waals surface area contributed by atoms with Crippen LogP contribution in [0.1, 0.15) is 211 Å². The summed E-state index contributed by atoms with van der Waals surface area (Å²) in [4.78, 5) is 24.8. The summed E-state index contributed by atoms with van der Waals surface area (Å²) in [5, 5.41) is 11.9. The van der Waals surface area contributed by atoms with Crippen LogP contribution < -0.4 is 93.3 Å². The van der Waals surface area contributed by atoms with Crippen LogP contribution in [-0.4, -0.2) is 180 Å². The zero-order chi connectivity index (χ0) is 89.2. The van der Waals surface area contributed by atoms with Gasteiger partial charge in [0.1, 0.15) is 62.9 Å². The number of aliphatic carboxylic acids is 1. The third-order valence-electron chi connectivity index (χ3n) is 21.5. The molecule has 36 heteroatoms. The summed E-state index contributed by atoms with van der Waals surface area (Å²) < 4.78 is 205. The number of allylic oxidation sites excluding steroid dienone is 10. The molecular formula is C85H115BF4N4Na2O21S4. The molecule has 1 N–H and O–H groups in total. The number of methoxy groups -OCH3 is 3. The van der Waals surface area contributed by atoms with Crippen LogP contribution in [0, 0.1) is 10.8 Å². The monoisotopic (exact) mass is 1790 g/mol. The van der Waals surface area contributed by atoms with E-state index in [1.165, 1.54) is 85.0 Å². The fourth-order valence-electron chi connectivity index (χ4n) is 15.8. The van der Waals surface area contributed by atoms with Gasteiger partial charge in [-0.1, -0.05) is 59.8 Å². The Kier molecular flexibility index (Phi) is 39.6. The van der Waals surface area contributed by atoms with Crippen LogP contribution in [-0.2, 0) is 79.8 Å². The van der Waals surface area contributed by atoms with Gasteiger partial charge in [0.2, 0.25) is 16.7 Å². The van der Waals surface area contributed by atoms with Crippen molar-refractivity contribution in [2.24, 2.45) is 10.8 Å². The minimum absolute atomic E-state index is 0. The number of hydrogen-bond donors (Lipinski definition) is 1. The van der Waals surface area contributed by atoms with Crippen molar-refractivity contribution in [3.8, 4) is 11.5 Å². The van der Waals surface area contributed by atoms with E-state index in [1.807, 2.05) is 54.2 Å². The minimum Gasteiger partial charge on any atom is -1.00 e. The van der Waals surface area contributed by atoms with Gasteiger partial charge in [-0.15, -0.1) is 0 Å². The number of hydrogen-bond acceptors (Lipinski definition) is 21. The third-order valence-corrected chi connectivity index (χ3v) is 24.8. The molecule has 121 heavy (non-hydrogen) atoms. The molecule has 6 aliphatic heterocycles. The van der Waals surface area contributed by atoms with Gasteiger partial charge in [-0.25, -0.2) is 38.2 Å². The smallest absolute Gasteiger partial charge is 1.00 e. The fraction of sp³-hybridized carbons (Fsp3) is 0.518. The van der Waals surface area contributed by atoms with Gasteiger partial charge in [0, 0.05) is 160 Å². The number of carboxylic acids is 1. The fourth-order valence-corrected chi connectivity index (χ4v) is 17.8. The molecule has 0 aromatic heterocycles. The molecule has 658 valence electrons. The molecule has 6 heterocycles. The number of benzene rings is 4. The number of carbonyl (C=O) groups is 2. The molecule has 0 saturated heterocycles. The second-order valence-electron chi connectivity index (χ2n) is 33.2. The van der Waals surface area contributed by atoms with Gasteiger partial charge in [0.25, 0.3) is 6.48 Å². The molecule has 0 saturated carbocycles. The summed E-state index contributed by atoms with van der Waals surface area (Å²) in [5.74, 6) is 1.10. The number of nitrogens with zero attached hydrogens (tertiary/aromatic N) is 4. The molecule has 2 atom stereocenters. The number of likely N-dealkylation sites (N-methyl/N-ethyl adjacent to an activating group) is 2. The molecule has 0 spiro atoms. The van der Waals surface area contributed by atoms with E-state index in [0.29, 0.717) is 41.1 Å². The Balaban J connectivity index is 0.000000469. The molecule has 4 aromatic rings. The number of halogens is 4. The maximum Gasteiger partial charge on any atom is 1.00 e. The van der Waals surface area contributed by atoms with Gasteiger partial charge < -0.3 is 61.3 Å². The van der Waals surface area contributed by atoms with E-state index in [4.69, 9.17) is 14.2 Å². The van der Waals surface area contributed by atoms with Gasteiger partial charge in [-0.05, 0) is 172 Å². The molecule has 2 unspecified atom stereocenters. The number of esters is 1. The van der Waals surface area contributed by atoms with Gasteiger partial charge in [-0.3, -0.25) is 22.5 Å². The molecule has 0 bridgehead atoms. The predicted octanol–water partition coefficient (Wildman–Crippen LogP) is 4.74. The van der Waals surface area contributed by atoms with E-state index in [0.717, 1.165) is 69.8 Å². The van der Waals surface area contributed by atoms with Gasteiger partial charge in [0.05, 0.1) is 59.1 Å². The van der Waals surface area contributed by atoms with Crippen molar-refractivity contribution in [1.29, 1.82) is 0 Å². The van der Waals surface area contributed by atoms with Crippen LogP contribution in [0.15, 0.2) is 125 Å². The first-order valence-electron chi connectivity index (χ1n) is 38.9. The number of fused-ring (bicyclic) bond motifs is 6. The van der Waals surface area contributed by atoms with Crippen molar-refractivity contribution in [3.05, 3.63) is 153 Å². The average molecular weight is 1790 g/mol. The summed E-state index contributed by atoms with van der Waals surface area (Å²) >= 11 is 0. The number of ether oxygens (including phenoxy) is 6. The van der Waals surface area contributed by atoms with Crippen LogP contribution in [0.4, 0.5) is 30.0 Å². The maximum absolute atomic E-state index is 12.1. The quantitative estimate of drug-likeness (QED) is 0.0221. The normalized spacial score (nSPS) is 18.4. The summed E-state index contributed by atoms with van der Waals surface area (Å²) in [6, 6.07) is 16.9. The van der Waals surface area contributed by atoms with Crippen LogP contribution in [0.5, 0.6) is 11.5 Å². The Labute approximate surface area is 756 Å². The average Bonchev–Trinajstić information content (AvgIpc) is 1.70. The van der Waals surface area contributed by atoms with Crippen LogP contribution in [0.2, 0.25) is 0 Å². The van der Waals surface area contributed by atoms with Crippen LogP contribution >= 0.6 is 0 Å². The summed E-state index contributed by atoms with van der Waals surface area (Å²) in [6.07, 6.45) is 16.2. The first kappa shape index (κ1) is 109. The molecule has 0 fully saturated rings. The van der Waals surface area contributed by atoms with Gasteiger partial charge in [-0.2, -0.15) is 9.15 Å². The van der Waals surface area contributed by atoms with Crippen molar-refractivity contribution >= 4 is 111 Å². The standard InChI is InChI=1S/C40H50N2O9S2.C22H30NO.C19H27NO8S2.C4H10O3.BF3.FH.2Na/c1-9-42-33-24-34-30(23-29(33)26(2)25-39(42,6)7)27(21-36(51-34)38(3,4)5)13-10-14-35-40(8,18-11-15-37(43)44)31-22-28(53(48,49)50)16-17-32(31)41(35)19-12-20-52(45,46)47;1-9-23-18-12-19-17(11-16(18)15(3)13-22(23,7)8)14(2)10-20(24-19)21(4,5)6;1-4-28-18(21)7-5-10-19(3)14(2)20(11-6-12-29(22,23)24)17-9-8-15(13-16(17)19)30(25,26)27;1-5-4(6-2)7-3;2-1(3)4;;;/h10,13-14,16-17,21-25H,9,11-12,15,18-20H2,1-8H3,(H2-,43,44,45,46,47,48,49,50);10-13H,9H2,1-8H3;8-9,13H,4-7,10-12H2,1-3H3,(H-,22,23,24,25,26,27);4H,1-3H3;;1H;;/q;+1;;;;;2*+1/p-3. The van der Waals surface area contributed by atoms with E-state index in [1.54, 1.807) is 6.92 Å². The molecule has 6 aliphatic rings. The van der Waals surface area contributed by atoms with E-state index in [2.05, 4.69) is 170 Å². The SMILES string of the molecule is CCN1c2cc3c(cc2C(C)=CC1(C)C)/C(=C/C=C/C1=[N+](CCCS(=O)(=O)[O-])c2ccc(S(=O)(=O)[O-])cc2C1(C)CCCC(=O)O)C=C(C(C)(C)C)O3.CCOC(=O)CCCC1(C)C(C)=[N+](CCCS(=O)(=O)[O-])c2ccc(S(=O)(=O)[O-])cc21.CC[N+]1=c2cc3c(cc2C(C)=CC1(C)C)=C(C)C=C(C(C)(C)C)O3.COC(OC)OC.FB(F)F.[F-].[Na+].[Na+]. The Hall–Kier alpha value is -6.03. The third kappa shape index (κ3) is 28.2. The second-order valence-corrected chi connectivity index (χ2v) is 39.0. The zero-order valence-corrected chi connectivity index (χ0v) is 81.4. The number of carboxylic acid groups (broad SMARTS) is 1. The molecule has 25 nitrogen and oxygen atoms in total. The second kappa shape index (κ2) is 43.9. The predicted molar refractivity (Wildman–Crippen MR) is 448 cm³/mol. The Morgan fingerprint density at radius 3 is 1.58 bits per heavy atom. The topological polar surface area (TPSA) is 351 Å². The summed E-state index contributed by atoms with van der Waals surface area (Å²) in [5.41, 5.74) is 10.8. The number of rotatable bonds is 26. The Bertz CT molecular complexity index is 5350. The van der Waals surface area contributed by atoms with Crippen molar-refractivity contribution < 1.29 is 181 Å². The van der Waals surface area contributed by atoms with Crippen molar-refractivity contribution in [3.63, 3.8) is 0 Å². The Morgan fingerprint density at radius 2 is 1.11 bits per heavy atom. The summed E-state index contributed by atoms with van der Waals surface area (Å²) in [7, 11) is -17.5. The zero-order valence-electron chi connectivity index (χ0n) is 74.1. The van der Waals surface area contributed by atoms with Crippen LogP contribution in [0.3, 0.4) is 0 Å². The molecule has 0 amide bonds. The Morgan fingerprint density at radius 1 is 0.628 bits per heavy atom. The molecular weight excluding hydrogens is 1670 g/mol. The molecule has 10 rings (SSSR count). The van der Waals surface area contributed by atoms with Crippen molar-refractivity contribution in [2.45, 2.75) is 221 Å². The maximum atomic E-state index is 12.1. The number of anilines is 1. The van der Waals surface area contributed by atoms with Gasteiger partial charge in [0.15, 0.2) is 17.0 Å². The van der Waals surface area contributed by atoms with E-state index in [9.17, 15) is 79.5 Å². The van der Waals surface area contributed by atoms with E-state index < -0.39 is 87.7 Å². The number of carbonyl (C=O) groups excluding carboxylic acids is 1. The van der Waals surface area contributed by atoms with Gasteiger partial charge >= 0.3 is 78.6 Å².